The van der Waals surface area contributed by atoms with Crippen molar-refractivity contribution in [2.75, 3.05) is 11.9 Å². The van der Waals surface area contributed by atoms with Gasteiger partial charge in [0.1, 0.15) is 18.2 Å². The van der Waals surface area contributed by atoms with Crippen LogP contribution in [0.15, 0.2) is 48.5 Å². The lowest BCUT2D eigenvalue weighted by Crippen LogP contribution is -2.29. The average Bonchev–Trinajstić information content (AvgIpc) is 3.09. The van der Waals surface area contributed by atoms with E-state index in [1.165, 1.54) is 12.1 Å². The maximum Gasteiger partial charge on any atom is 0.227 e. The van der Waals surface area contributed by atoms with Gasteiger partial charge in [0.15, 0.2) is 0 Å². The molecule has 140 valence electrons. The summed E-state index contributed by atoms with van der Waals surface area (Å²) in [6, 6.07) is 13.6. The Morgan fingerprint density at radius 2 is 2.00 bits per heavy atom. The molecule has 6 heteroatoms. The predicted octanol–water partition coefficient (Wildman–Crippen LogP) is 4.14. The van der Waals surface area contributed by atoms with Crippen LogP contribution in [0.3, 0.4) is 0 Å². The molecule has 3 rings (SSSR count). The van der Waals surface area contributed by atoms with Gasteiger partial charge in [-0.3, -0.25) is 4.79 Å². The van der Waals surface area contributed by atoms with E-state index < -0.39 is 0 Å². The molecule has 4 nitrogen and oxygen atoms in total. The predicted molar refractivity (Wildman–Crippen MR) is 103 cm³/mol. The second-order valence-electron chi connectivity index (χ2n) is 6.47. The number of hydrogen-bond acceptors (Lipinski definition) is 3. The Bertz CT molecular complexity index is 741. The quantitative estimate of drug-likeness (QED) is 0.794. The van der Waals surface area contributed by atoms with Gasteiger partial charge >= 0.3 is 0 Å². The summed E-state index contributed by atoms with van der Waals surface area (Å²) in [5.74, 6) is 0.462. The van der Waals surface area contributed by atoms with Gasteiger partial charge in [-0.25, -0.2) is 4.39 Å². The number of nitrogens with one attached hydrogen (secondary N) is 1. The fourth-order valence-electron chi connectivity index (χ4n) is 3.36. The maximum absolute atomic E-state index is 13.2. The van der Waals surface area contributed by atoms with Crippen molar-refractivity contribution in [2.45, 2.75) is 25.9 Å². The summed E-state index contributed by atoms with van der Waals surface area (Å²) in [5, 5.41) is 2.99. The SMILES string of the molecule is Cl.NC[C@H]1CCC[C@H]1C(=O)Nc1cccc(COc2cccc(F)c2)c1. The molecule has 1 saturated carbocycles. The normalized spacial score (nSPS) is 18.8. The molecule has 0 unspecified atom stereocenters. The van der Waals surface area contributed by atoms with E-state index in [1.54, 1.807) is 12.1 Å². The number of carbonyl (C=O) groups excluding carboxylic acids is 1. The van der Waals surface area contributed by atoms with Crippen LogP contribution in [0.4, 0.5) is 10.1 Å². The highest BCUT2D eigenvalue weighted by molar-refractivity contribution is 5.93. The fraction of sp³-hybridized carbons (Fsp3) is 0.350. The summed E-state index contributed by atoms with van der Waals surface area (Å²) >= 11 is 0. The van der Waals surface area contributed by atoms with Gasteiger partial charge in [0.25, 0.3) is 0 Å². The number of ether oxygens (including phenoxy) is 1. The lowest BCUT2D eigenvalue weighted by molar-refractivity contribution is -0.120. The van der Waals surface area contributed by atoms with Crippen LogP contribution in [0.2, 0.25) is 0 Å². The highest BCUT2D eigenvalue weighted by Gasteiger charge is 2.31. The van der Waals surface area contributed by atoms with E-state index in [0.29, 0.717) is 18.9 Å². The molecule has 0 heterocycles. The first-order valence-corrected chi connectivity index (χ1v) is 8.64. The Morgan fingerprint density at radius 1 is 1.19 bits per heavy atom. The molecular weight excluding hydrogens is 355 g/mol. The third-order valence-corrected chi connectivity index (χ3v) is 4.69. The van der Waals surface area contributed by atoms with Gasteiger partial charge < -0.3 is 15.8 Å². The minimum absolute atomic E-state index is 0. The van der Waals surface area contributed by atoms with Crippen LogP contribution in [-0.2, 0) is 11.4 Å². The molecule has 1 aliphatic rings. The Balaban J connectivity index is 0.00000243. The van der Waals surface area contributed by atoms with Crippen LogP contribution in [0.25, 0.3) is 0 Å². The molecule has 2 atom stereocenters. The van der Waals surface area contributed by atoms with Crippen molar-refractivity contribution in [3.05, 3.63) is 59.9 Å². The average molecular weight is 379 g/mol. The van der Waals surface area contributed by atoms with Crippen LogP contribution in [0.5, 0.6) is 5.75 Å². The summed E-state index contributed by atoms with van der Waals surface area (Å²) in [4.78, 5) is 12.5. The van der Waals surface area contributed by atoms with E-state index in [4.69, 9.17) is 10.5 Å². The van der Waals surface area contributed by atoms with E-state index in [-0.39, 0.29) is 36.0 Å². The molecular formula is C20H24ClFN2O2. The molecule has 2 aromatic carbocycles. The summed E-state index contributed by atoms with van der Waals surface area (Å²) in [6.45, 7) is 0.863. The van der Waals surface area contributed by atoms with Gasteiger partial charge in [0.2, 0.25) is 5.91 Å². The lowest BCUT2D eigenvalue weighted by Gasteiger charge is -2.17. The van der Waals surface area contributed by atoms with Crippen LogP contribution < -0.4 is 15.8 Å². The maximum atomic E-state index is 13.2. The minimum Gasteiger partial charge on any atom is -0.489 e. The number of benzene rings is 2. The number of rotatable bonds is 6. The zero-order chi connectivity index (χ0) is 17.6. The summed E-state index contributed by atoms with van der Waals surface area (Å²) < 4.78 is 18.8. The zero-order valence-electron chi connectivity index (χ0n) is 14.5. The van der Waals surface area contributed by atoms with Crippen LogP contribution in [-0.4, -0.2) is 12.5 Å². The molecule has 0 radical (unpaired) electrons. The number of anilines is 1. The van der Waals surface area contributed by atoms with Crippen molar-refractivity contribution in [3.63, 3.8) is 0 Å². The number of carbonyl (C=O) groups is 1. The second kappa shape index (κ2) is 9.55. The minimum atomic E-state index is -0.329. The molecule has 3 N–H and O–H groups in total. The first-order valence-electron chi connectivity index (χ1n) is 8.64. The number of halogens is 2. The summed E-state index contributed by atoms with van der Waals surface area (Å²) in [7, 11) is 0. The van der Waals surface area contributed by atoms with Crippen LogP contribution >= 0.6 is 12.4 Å². The Kier molecular flexibility index (Phi) is 7.42. The van der Waals surface area contributed by atoms with Crippen LogP contribution in [0.1, 0.15) is 24.8 Å². The van der Waals surface area contributed by atoms with Gasteiger partial charge in [-0.1, -0.05) is 24.6 Å². The zero-order valence-corrected chi connectivity index (χ0v) is 15.3. The largest absolute Gasteiger partial charge is 0.489 e. The Labute approximate surface area is 159 Å². The topological polar surface area (TPSA) is 64.4 Å². The Hall–Kier alpha value is -2.11. The fourth-order valence-corrected chi connectivity index (χ4v) is 3.36. The van der Waals surface area contributed by atoms with Gasteiger partial charge in [-0.15, -0.1) is 12.4 Å². The molecule has 0 bridgehead atoms. The first-order chi connectivity index (χ1) is 12.2. The molecule has 0 spiro atoms. The van der Waals surface area contributed by atoms with Gasteiger partial charge in [-0.2, -0.15) is 0 Å². The lowest BCUT2D eigenvalue weighted by atomic mass is 9.95. The molecule has 1 aliphatic carbocycles. The third kappa shape index (κ3) is 5.19. The molecule has 0 saturated heterocycles. The van der Waals surface area contributed by atoms with E-state index >= 15 is 0 Å². The molecule has 26 heavy (non-hydrogen) atoms. The van der Waals surface area contributed by atoms with Crippen molar-refractivity contribution >= 4 is 24.0 Å². The highest BCUT2D eigenvalue weighted by Crippen LogP contribution is 2.32. The molecule has 1 fully saturated rings. The summed E-state index contributed by atoms with van der Waals surface area (Å²) in [6.07, 6.45) is 2.98. The first kappa shape index (κ1) is 20.2. The second-order valence-corrected chi connectivity index (χ2v) is 6.47. The van der Waals surface area contributed by atoms with Gasteiger partial charge in [-0.05, 0) is 55.1 Å². The summed E-state index contributed by atoms with van der Waals surface area (Å²) in [5.41, 5.74) is 7.41. The molecule has 0 aliphatic heterocycles. The van der Waals surface area contributed by atoms with Crippen molar-refractivity contribution < 1.29 is 13.9 Å². The highest BCUT2D eigenvalue weighted by atomic mass is 35.5. The van der Waals surface area contributed by atoms with Crippen molar-refractivity contribution in [2.24, 2.45) is 17.6 Å². The van der Waals surface area contributed by atoms with E-state index in [1.807, 2.05) is 24.3 Å². The van der Waals surface area contributed by atoms with E-state index in [2.05, 4.69) is 5.32 Å². The van der Waals surface area contributed by atoms with Gasteiger partial charge in [0, 0.05) is 17.7 Å². The van der Waals surface area contributed by atoms with Crippen LogP contribution in [0, 0.1) is 17.7 Å². The Morgan fingerprint density at radius 3 is 2.77 bits per heavy atom. The standard InChI is InChI=1S/C20H23FN2O2.ClH/c21-16-6-3-8-18(11-16)25-13-14-4-1-7-17(10-14)23-20(24)19-9-2-5-15(19)12-22;/h1,3-4,6-8,10-11,15,19H,2,5,9,12-13,22H2,(H,23,24);1H/t15-,19-;/m1./s1. The van der Waals surface area contributed by atoms with E-state index in [0.717, 1.165) is 30.5 Å². The van der Waals surface area contributed by atoms with Crippen molar-refractivity contribution in [3.8, 4) is 5.75 Å². The molecule has 1 amide bonds. The van der Waals surface area contributed by atoms with Crippen molar-refractivity contribution in [1.29, 1.82) is 0 Å². The van der Waals surface area contributed by atoms with E-state index in [9.17, 15) is 9.18 Å². The smallest absolute Gasteiger partial charge is 0.227 e. The number of hydrogen-bond donors (Lipinski definition) is 2. The van der Waals surface area contributed by atoms with Crippen molar-refractivity contribution in [1.82, 2.24) is 0 Å². The molecule has 2 aromatic rings. The molecule has 0 aromatic heterocycles. The number of nitrogens with two attached hydrogens (primary N) is 1. The number of amides is 1. The van der Waals surface area contributed by atoms with Gasteiger partial charge in [0.05, 0.1) is 0 Å². The third-order valence-electron chi connectivity index (χ3n) is 4.69. The monoisotopic (exact) mass is 378 g/mol.